The summed E-state index contributed by atoms with van der Waals surface area (Å²) in [4.78, 5) is 0. The summed E-state index contributed by atoms with van der Waals surface area (Å²) < 4.78 is 1.08. The van der Waals surface area contributed by atoms with Crippen LogP contribution in [0.1, 0.15) is 24.4 Å². The number of nitrogens with zero attached hydrogens (tertiary/aromatic N) is 3. The van der Waals surface area contributed by atoms with Crippen LogP contribution in [0.5, 0.6) is 0 Å². The van der Waals surface area contributed by atoms with Gasteiger partial charge in [-0.15, -0.1) is 10.2 Å². The van der Waals surface area contributed by atoms with Crippen LogP contribution in [0, 0.1) is 0 Å². The van der Waals surface area contributed by atoms with Crippen LogP contribution in [0.4, 0.5) is 0 Å². The molecule has 1 aromatic carbocycles. The molecule has 1 atom stereocenters. The van der Waals surface area contributed by atoms with Crippen molar-refractivity contribution < 1.29 is 0 Å². The molecule has 6 heteroatoms. The largest absolute Gasteiger partial charge is 0.303 e. The zero-order valence-corrected chi connectivity index (χ0v) is 10.4. The predicted octanol–water partition coefficient (Wildman–Crippen LogP) is 1.81. The van der Waals surface area contributed by atoms with Gasteiger partial charge in [-0.3, -0.25) is 0 Å². The van der Waals surface area contributed by atoms with Gasteiger partial charge in [0.25, 0.3) is 0 Å². The molecule has 1 heterocycles. The molecule has 1 unspecified atom stereocenters. The maximum Gasteiger partial charge on any atom is 0.188 e. The number of tetrazole rings is 1. The third kappa shape index (κ3) is 2.86. The molecule has 0 bridgehead atoms. The molecule has 0 aliphatic rings. The van der Waals surface area contributed by atoms with E-state index >= 15 is 0 Å². The monoisotopic (exact) mass is 281 g/mol. The fourth-order valence-electron chi connectivity index (χ4n) is 1.40. The SMILES string of the molecule is CC(NCc1nn[nH]n1)c1cccc(Br)c1. The molecule has 0 saturated heterocycles. The molecule has 5 nitrogen and oxygen atoms in total. The number of halogens is 1. The van der Waals surface area contributed by atoms with E-state index in [9.17, 15) is 0 Å². The van der Waals surface area contributed by atoms with Crippen molar-refractivity contribution in [1.29, 1.82) is 0 Å². The van der Waals surface area contributed by atoms with E-state index in [-0.39, 0.29) is 6.04 Å². The molecule has 0 spiro atoms. The average molecular weight is 282 g/mol. The van der Waals surface area contributed by atoms with Crippen LogP contribution in [0.2, 0.25) is 0 Å². The van der Waals surface area contributed by atoms with Gasteiger partial charge < -0.3 is 5.32 Å². The summed E-state index contributed by atoms with van der Waals surface area (Å²) in [6.07, 6.45) is 0. The Morgan fingerprint density at radius 1 is 1.50 bits per heavy atom. The van der Waals surface area contributed by atoms with Gasteiger partial charge in [0.05, 0.1) is 6.54 Å². The van der Waals surface area contributed by atoms with Gasteiger partial charge in [0.1, 0.15) is 0 Å². The Balaban J connectivity index is 1.95. The summed E-state index contributed by atoms with van der Waals surface area (Å²) in [6.45, 7) is 2.70. The predicted molar refractivity (Wildman–Crippen MR) is 63.6 cm³/mol. The van der Waals surface area contributed by atoms with Crippen molar-refractivity contribution in [2.24, 2.45) is 0 Å². The molecule has 0 aliphatic carbocycles. The second-order valence-electron chi connectivity index (χ2n) is 3.49. The summed E-state index contributed by atoms with van der Waals surface area (Å²) in [5, 5.41) is 17.0. The molecule has 0 saturated carbocycles. The Labute approximate surface area is 102 Å². The van der Waals surface area contributed by atoms with Crippen molar-refractivity contribution in [3.8, 4) is 0 Å². The van der Waals surface area contributed by atoms with Crippen molar-refractivity contribution in [2.75, 3.05) is 0 Å². The van der Waals surface area contributed by atoms with Gasteiger partial charge in [-0.2, -0.15) is 5.21 Å². The van der Waals surface area contributed by atoms with Gasteiger partial charge in [-0.1, -0.05) is 33.3 Å². The quantitative estimate of drug-likeness (QED) is 0.897. The van der Waals surface area contributed by atoms with Crippen molar-refractivity contribution in [2.45, 2.75) is 19.5 Å². The first-order valence-corrected chi connectivity index (χ1v) is 5.76. The molecule has 16 heavy (non-hydrogen) atoms. The molecule has 2 rings (SSSR count). The van der Waals surface area contributed by atoms with Crippen LogP contribution >= 0.6 is 15.9 Å². The van der Waals surface area contributed by atoms with Crippen LogP contribution in [-0.4, -0.2) is 20.6 Å². The number of aromatic nitrogens is 4. The lowest BCUT2D eigenvalue weighted by molar-refractivity contribution is 0.559. The smallest absolute Gasteiger partial charge is 0.188 e. The maximum absolute atomic E-state index is 3.88. The highest BCUT2D eigenvalue weighted by atomic mass is 79.9. The molecule has 1 aromatic heterocycles. The summed E-state index contributed by atoms with van der Waals surface area (Å²) >= 11 is 3.45. The highest BCUT2D eigenvalue weighted by molar-refractivity contribution is 9.10. The van der Waals surface area contributed by atoms with Crippen molar-refractivity contribution in [1.82, 2.24) is 25.9 Å². The zero-order valence-electron chi connectivity index (χ0n) is 8.81. The Morgan fingerprint density at radius 2 is 2.38 bits per heavy atom. The zero-order chi connectivity index (χ0) is 11.4. The molecular weight excluding hydrogens is 270 g/mol. The van der Waals surface area contributed by atoms with Crippen molar-refractivity contribution >= 4 is 15.9 Å². The first kappa shape index (κ1) is 11.2. The molecule has 0 radical (unpaired) electrons. The maximum atomic E-state index is 3.88. The Kier molecular flexibility index (Phi) is 3.63. The summed E-state index contributed by atoms with van der Waals surface area (Å²) in [6, 6.07) is 8.45. The lowest BCUT2D eigenvalue weighted by Crippen LogP contribution is -2.18. The molecular formula is C10H12BrN5. The van der Waals surface area contributed by atoms with E-state index in [4.69, 9.17) is 0 Å². The summed E-state index contributed by atoms with van der Waals surface area (Å²) in [5.74, 6) is 0.668. The van der Waals surface area contributed by atoms with Crippen molar-refractivity contribution in [3.63, 3.8) is 0 Å². The molecule has 2 N–H and O–H groups in total. The minimum Gasteiger partial charge on any atom is -0.303 e. The first-order valence-electron chi connectivity index (χ1n) is 4.97. The van der Waals surface area contributed by atoms with Crippen LogP contribution in [0.15, 0.2) is 28.7 Å². The number of benzene rings is 1. The highest BCUT2D eigenvalue weighted by Gasteiger charge is 2.06. The summed E-state index contributed by atoms with van der Waals surface area (Å²) in [7, 11) is 0. The highest BCUT2D eigenvalue weighted by Crippen LogP contribution is 2.17. The standard InChI is InChI=1S/C10H12BrN5/c1-7(8-3-2-4-9(11)5-8)12-6-10-13-15-16-14-10/h2-5,7,12H,6H2,1H3,(H,13,14,15,16). The third-order valence-electron chi connectivity index (χ3n) is 2.30. The number of aromatic amines is 1. The molecule has 0 aliphatic heterocycles. The number of hydrogen-bond donors (Lipinski definition) is 2. The second-order valence-corrected chi connectivity index (χ2v) is 4.40. The van der Waals surface area contributed by atoms with Gasteiger partial charge in [-0.05, 0) is 24.6 Å². The van der Waals surface area contributed by atoms with Crippen LogP contribution in [0.25, 0.3) is 0 Å². The van der Waals surface area contributed by atoms with E-state index < -0.39 is 0 Å². The van der Waals surface area contributed by atoms with E-state index in [0.29, 0.717) is 12.4 Å². The molecule has 84 valence electrons. The average Bonchev–Trinajstić information content (AvgIpc) is 2.78. The van der Waals surface area contributed by atoms with Gasteiger partial charge in [-0.25, -0.2) is 0 Å². The minimum atomic E-state index is 0.246. The van der Waals surface area contributed by atoms with E-state index in [1.54, 1.807) is 0 Å². The minimum absolute atomic E-state index is 0.246. The van der Waals surface area contributed by atoms with Crippen LogP contribution in [-0.2, 0) is 6.54 Å². The number of nitrogens with one attached hydrogen (secondary N) is 2. The summed E-state index contributed by atoms with van der Waals surface area (Å²) in [5.41, 5.74) is 1.22. The van der Waals surface area contributed by atoms with E-state index in [1.165, 1.54) is 5.56 Å². The molecule has 0 amide bonds. The fraction of sp³-hybridized carbons (Fsp3) is 0.300. The Bertz CT molecular complexity index is 442. The van der Waals surface area contributed by atoms with Gasteiger partial charge >= 0.3 is 0 Å². The lowest BCUT2D eigenvalue weighted by Gasteiger charge is -2.12. The lowest BCUT2D eigenvalue weighted by atomic mass is 10.1. The van der Waals surface area contributed by atoms with Gasteiger partial charge in [0.2, 0.25) is 0 Å². The number of hydrogen-bond acceptors (Lipinski definition) is 4. The topological polar surface area (TPSA) is 66.5 Å². The Hall–Kier alpha value is -1.27. The molecule has 0 fully saturated rings. The first-order chi connectivity index (χ1) is 7.75. The van der Waals surface area contributed by atoms with Crippen LogP contribution in [0.3, 0.4) is 0 Å². The number of H-pyrrole nitrogens is 1. The fourth-order valence-corrected chi connectivity index (χ4v) is 1.81. The number of rotatable bonds is 4. The van der Waals surface area contributed by atoms with Gasteiger partial charge in [0.15, 0.2) is 5.82 Å². The Morgan fingerprint density at radius 3 is 3.06 bits per heavy atom. The van der Waals surface area contributed by atoms with Crippen molar-refractivity contribution in [3.05, 3.63) is 40.1 Å². The molecule has 2 aromatic rings. The van der Waals surface area contributed by atoms with Gasteiger partial charge in [0, 0.05) is 10.5 Å². The third-order valence-corrected chi connectivity index (χ3v) is 2.80. The second kappa shape index (κ2) is 5.18. The normalized spacial score (nSPS) is 12.6. The van der Waals surface area contributed by atoms with Crippen LogP contribution < -0.4 is 5.32 Å². The van der Waals surface area contributed by atoms with E-state index in [1.807, 2.05) is 12.1 Å². The van der Waals surface area contributed by atoms with E-state index in [0.717, 1.165) is 4.47 Å². The van der Waals surface area contributed by atoms with E-state index in [2.05, 4.69) is 60.9 Å².